The number of ketones is 1. The van der Waals surface area contributed by atoms with Gasteiger partial charge in [-0.2, -0.15) is 0 Å². The van der Waals surface area contributed by atoms with Crippen molar-refractivity contribution < 1.29 is 22.7 Å². The normalized spacial score (nSPS) is 22.9. The van der Waals surface area contributed by atoms with Gasteiger partial charge in [-0.15, -0.1) is 24.9 Å². The highest BCUT2D eigenvalue weighted by Crippen LogP contribution is 2.50. The van der Waals surface area contributed by atoms with E-state index in [0.29, 0.717) is 17.6 Å². The molecule has 0 bridgehead atoms. The SMILES string of the molecule is O=C1CCCC2=C1C(c1ccc(Cl)c(OC(F)(F)F)c1)C1=C(CCS1)N2. The molecule has 26 heavy (non-hydrogen) atoms. The number of halogens is 4. The minimum Gasteiger partial charge on any atom is -0.404 e. The molecule has 0 saturated heterocycles. The predicted molar refractivity (Wildman–Crippen MR) is 94.0 cm³/mol. The van der Waals surface area contributed by atoms with Crippen LogP contribution in [0.4, 0.5) is 13.2 Å². The molecule has 0 spiro atoms. The summed E-state index contributed by atoms with van der Waals surface area (Å²) >= 11 is 7.53. The van der Waals surface area contributed by atoms with E-state index in [1.165, 1.54) is 12.1 Å². The average Bonchev–Trinajstić information content (AvgIpc) is 3.02. The summed E-state index contributed by atoms with van der Waals surface area (Å²) in [4.78, 5) is 13.6. The highest BCUT2D eigenvalue weighted by Gasteiger charge is 2.39. The van der Waals surface area contributed by atoms with Crippen LogP contribution in [0.15, 0.2) is 40.1 Å². The Kier molecular flexibility index (Phi) is 4.47. The Labute approximate surface area is 157 Å². The van der Waals surface area contributed by atoms with E-state index in [-0.39, 0.29) is 16.7 Å². The number of carbonyl (C=O) groups excluding carboxylic acids is 1. The van der Waals surface area contributed by atoms with Crippen LogP contribution in [0.25, 0.3) is 0 Å². The molecule has 0 saturated carbocycles. The van der Waals surface area contributed by atoms with E-state index >= 15 is 0 Å². The predicted octanol–water partition coefficient (Wildman–Crippen LogP) is 5.28. The van der Waals surface area contributed by atoms with Crippen molar-refractivity contribution >= 4 is 29.1 Å². The van der Waals surface area contributed by atoms with Crippen molar-refractivity contribution in [2.45, 2.75) is 38.0 Å². The molecule has 8 heteroatoms. The first-order valence-corrected chi connectivity index (χ1v) is 9.64. The Hall–Kier alpha value is -1.60. The zero-order valence-electron chi connectivity index (χ0n) is 13.6. The number of hydrogen-bond donors (Lipinski definition) is 1. The summed E-state index contributed by atoms with van der Waals surface area (Å²) in [5, 5.41) is 3.28. The highest BCUT2D eigenvalue weighted by molar-refractivity contribution is 8.03. The Morgan fingerprint density at radius 2 is 2.00 bits per heavy atom. The molecule has 0 amide bonds. The fourth-order valence-electron chi connectivity index (χ4n) is 3.72. The number of rotatable bonds is 2. The topological polar surface area (TPSA) is 38.3 Å². The van der Waals surface area contributed by atoms with Gasteiger partial charge in [0.05, 0.1) is 5.02 Å². The second kappa shape index (κ2) is 6.53. The van der Waals surface area contributed by atoms with Crippen molar-refractivity contribution in [3.05, 3.63) is 50.7 Å². The van der Waals surface area contributed by atoms with Crippen LogP contribution in [0.2, 0.25) is 5.02 Å². The van der Waals surface area contributed by atoms with E-state index in [1.807, 2.05) is 0 Å². The van der Waals surface area contributed by atoms with Gasteiger partial charge in [0.25, 0.3) is 0 Å². The second-order valence-electron chi connectivity index (χ2n) is 6.41. The molecular formula is C18H15ClF3NO2S. The van der Waals surface area contributed by atoms with E-state index in [1.54, 1.807) is 17.8 Å². The maximum atomic E-state index is 12.7. The first-order valence-electron chi connectivity index (χ1n) is 8.28. The zero-order valence-corrected chi connectivity index (χ0v) is 15.2. The Morgan fingerprint density at radius 1 is 1.19 bits per heavy atom. The second-order valence-corrected chi connectivity index (χ2v) is 7.95. The van der Waals surface area contributed by atoms with Gasteiger partial charge in [0.2, 0.25) is 0 Å². The summed E-state index contributed by atoms with van der Waals surface area (Å²) < 4.78 is 42.1. The third kappa shape index (κ3) is 3.22. The van der Waals surface area contributed by atoms with Crippen molar-refractivity contribution in [1.82, 2.24) is 5.32 Å². The maximum Gasteiger partial charge on any atom is 0.573 e. The molecule has 3 nitrogen and oxygen atoms in total. The van der Waals surface area contributed by atoms with Crippen LogP contribution in [-0.2, 0) is 4.79 Å². The van der Waals surface area contributed by atoms with Gasteiger partial charge in [0.15, 0.2) is 5.78 Å². The molecule has 138 valence electrons. The van der Waals surface area contributed by atoms with Gasteiger partial charge in [-0.1, -0.05) is 17.7 Å². The lowest BCUT2D eigenvalue weighted by Crippen LogP contribution is -2.30. The van der Waals surface area contributed by atoms with Crippen molar-refractivity contribution in [3.63, 3.8) is 0 Å². The van der Waals surface area contributed by atoms with Crippen molar-refractivity contribution in [2.75, 3.05) is 5.75 Å². The van der Waals surface area contributed by atoms with Crippen LogP contribution < -0.4 is 10.1 Å². The summed E-state index contributed by atoms with van der Waals surface area (Å²) in [6.45, 7) is 0. The lowest BCUT2D eigenvalue weighted by molar-refractivity contribution is -0.274. The standard InChI is InChI=1S/C18H15ClF3NO2S/c19-10-5-4-9(8-14(10)25-18(20,21)22)15-16-11(2-1-3-13(16)24)23-12-6-7-26-17(12)15/h4-5,8,15,23H,1-3,6-7H2. The van der Waals surface area contributed by atoms with Gasteiger partial charge in [0.1, 0.15) is 5.75 Å². The van der Waals surface area contributed by atoms with E-state index < -0.39 is 12.1 Å². The number of thioether (sulfide) groups is 1. The van der Waals surface area contributed by atoms with Gasteiger partial charge in [-0.3, -0.25) is 4.79 Å². The number of Topliss-reactive ketones (excluding diaryl/α,β-unsaturated/α-hetero) is 1. The summed E-state index contributed by atoms with van der Waals surface area (Å²) in [5.74, 6) is 0.152. The molecule has 1 N–H and O–H groups in total. The van der Waals surface area contributed by atoms with Crippen LogP contribution in [-0.4, -0.2) is 17.9 Å². The zero-order chi connectivity index (χ0) is 18.5. The minimum absolute atomic E-state index is 0.0519. The van der Waals surface area contributed by atoms with Crippen LogP contribution >= 0.6 is 23.4 Å². The molecule has 4 rings (SSSR count). The molecule has 1 unspecified atom stereocenters. The van der Waals surface area contributed by atoms with Crippen LogP contribution in [0.1, 0.15) is 37.2 Å². The number of alkyl halides is 3. The van der Waals surface area contributed by atoms with Gasteiger partial charge < -0.3 is 10.1 Å². The van der Waals surface area contributed by atoms with Crippen LogP contribution in [0.3, 0.4) is 0 Å². The Morgan fingerprint density at radius 3 is 2.77 bits per heavy atom. The lowest BCUT2D eigenvalue weighted by Gasteiger charge is -2.33. The molecule has 1 aliphatic carbocycles. The van der Waals surface area contributed by atoms with E-state index in [2.05, 4.69) is 10.1 Å². The molecule has 3 aliphatic rings. The number of hydrogen-bond acceptors (Lipinski definition) is 4. The van der Waals surface area contributed by atoms with Gasteiger partial charge in [-0.25, -0.2) is 0 Å². The largest absolute Gasteiger partial charge is 0.573 e. The summed E-state index contributed by atoms with van der Waals surface area (Å²) in [5.41, 5.74) is 3.24. The minimum atomic E-state index is -4.83. The van der Waals surface area contributed by atoms with Gasteiger partial charge in [-0.05, 0) is 37.0 Å². The maximum absolute atomic E-state index is 12.7. The average molecular weight is 402 g/mol. The Balaban J connectivity index is 1.81. The smallest absolute Gasteiger partial charge is 0.404 e. The van der Waals surface area contributed by atoms with Crippen LogP contribution in [0.5, 0.6) is 5.75 Å². The molecule has 2 heterocycles. The first-order chi connectivity index (χ1) is 12.3. The number of dihydropyridines is 1. The number of allylic oxidation sites excluding steroid dienone is 4. The fourth-order valence-corrected chi connectivity index (χ4v) is 5.15. The molecule has 0 radical (unpaired) electrons. The highest BCUT2D eigenvalue weighted by atomic mass is 35.5. The number of ether oxygens (including phenoxy) is 1. The molecule has 1 aromatic carbocycles. The third-order valence-electron chi connectivity index (χ3n) is 4.73. The Bertz CT molecular complexity index is 847. The van der Waals surface area contributed by atoms with E-state index in [4.69, 9.17) is 11.6 Å². The number of nitrogens with one attached hydrogen (secondary N) is 1. The fraction of sp³-hybridized carbons (Fsp3) is 0.389. The number of benzene rings is 1. The monoisotopic (exact) mass is 401 g/mol. The van der Waals surface area contributed by atoms with Crippen molar-refractivity contribution in [2.24, 2.45) is 0 Å². The van der Waals surface area contributed by atoms with Crippen molar-refractivity contribution in [3.8, 4) is 5.75 Å². The van der Waals surface area contributed by atoms with Gasteiger partial charge >= 0.3 is 6.36 Å². The molecule has 1 atom stereocenters. The van der Waals surface area contributed by atoms with E-state index in [0.717, 1.165) is 41.3 Å². The molecule has 2 aliphatic heterocycles. The molecule has 1 aromatic rings. The number of carbonyl (C=O) groups is 1. The van der Waals surface area contributed by atoms with Crippen LogP contribution in [0, 0.1) is 0 Å². The summed E-state index contributed by atoms with van der Waals surface area (Å²) in [7, 11) is 0. The van der Waals surface area contributed by atoms with Gasteiger partial charge in [0, 0.05) is 40.0 Å². The molecule has 0 aromatic heterocycles. The van der Waals surface area contributed by atoms with E-state index in [9.17, 15) is 18.0 Å². The first kappa shape index (κ1) is 17.8. The lowest BCUT2D eigenvalue weighted by atomic mass is 9.79. The quantitative estimate of drug-likeness (QED) is 0.731. The molecule has 0 fully saturated rings. The third-order valence-corrected chi connectivity index (χ3v) is 6.24. The summed E-state index contributed by atoms with van der Waals surface area (Å²) in [6.07, 6.45) is -1.94. The summed E-state index contributed by atoms with van der Waals surface area (Å²) in [6, 6.07) is 4.38. The molecular weight excluding hydrogens is 387 g/mol. The van der Waals surface area contributed by atoms with Crippen molar-refractivity contribution in [1.29, 1.82) is 0 Å².